The summed E-state index contributed by atoms with van der Waals surface area (Å²) in [5, 5.41) is 5.19. The van der Waals surface area contributed by atoms with Crippen molar-refractivity contribution in [3.8, 4) is 0 Å². The zero-order chi connectivity index (χ0) is 17.4. The van der Waals surface area contributed by atoms with Crippen LogP contribution >= 0.6 is 0 Å². The summed E-state index contributed by atoms with van der Waals surface area (Å²) < 4.78 is 19.3. The van der Waals surface area contributed by atoms with Gasteiger partial charge >= 0.3 is 0 Å². The monoisotopic (exact) mass is 339 g/mol. The summed E-state index contributed by atoms with van der Waals surface area (Å²) in [6.07, 6.45) is 3.20. The molecule has 2 amide bonds. The fourth-order valence-corrected chi connectivity index (χ4v) is 2.52. The molecule has 0 aliphatic heterocycles. The lowest BCUT2D eigenvalue weighted by Gasteiger charge is -2.07. The van der Waals surface area contributed by atoms with Gasteiger partial charge in [0.2, 0.25) is 11.7 Å². The van der Waals surface area contributed by atoms with Gasteiger partial charge in [-0.05, 0) is 37.1 Å². The number of hydrogen-bond acceptors (Lipinski definition) is 4. The molecule has 1 aromatic carbocycles. The van der Waals surface area contributed by atoms with Gasteiger partial charge in [0.1, 0.15) is 17.0 Å². The highest BCUT2D eigenvalue weighted by Crippen LogP contribution is 2.34. The smallest absolute Gasteiger partial charge is 0.293 e. The van der Waals surface area contributed by atoms with Gasteiger partial charge in [-0.15, -0.1) is 0 Å². The Kier molecular flexibility index (Phi) is 3.68. The average Bonchev–Trinajstić information content (AvgIpc) is 3.40. The lowest BCUT2D eigenvalue weighted by molar-refractivity contribution is -0.117. The first-order valence-corrected chi connectivity index (χ1v) is 7.88. The second-order valence-electron chi connectivity index (χ2n) is 5.85. The van der Waals surface area contributed by atoms with E-state index in [0.717, 1.165) is 12.8 Å². The highest BCUT2D eigenvalue weighted by Gasteiger charge is 2.32. The van der Waals surface area contributed by atoms with Crippen molar-refractivity contribution < 1.29 is 18.4 Å². The standard InChI is InChI=1S/C18H14FN3O3/c19-11-4-1-2-5-12(11)21-18(24)16-15(22-17(23)10-7-8-10)14-13(25-16)6-3-9-20-14/h1-6,9-10H,7-8H2,(H,21,24)(H,22,23). The van der Waals surface area contributed by atoms with E-state index in [9.17, 15) is 14.0 Å². The van der Waals surface area contributed by atoms with E-state index in [4.69, 9.17) is 4.42 Å². The van der Waals surface area contributed by atoms with Crippen LogP contribution < -0.4 is 10.6 Å². The molecule has 6 nitrogen and oxygen atoms in total. The van der Waals surface area contributed by atoms with Crippen molar-refractivity contribution in [2.24, 2.45) is 5.92 Å². The van der Waals surface area contributed by atoms with E-state index in [-0.39, 0.29) is 29.0 Å². The van der Waals surface area contributed by atoms with Crippen molar-refractivity contribution in [3.05, 3.63) is 54.2 Å². The van der Waals surface area contributed by atoms with Crippen LogP contribution in [0.1, 0.15) is 23.4 Å². The van der Waals surface area contributed by atoms with Gasteiger partial charge in [0.25, 0.3) is 5.91 Å². The van der Waals surface area contributed by atoms with Gasteiger partial charge < -0.3 is 15.1 Å². The Morgan fingerprint density at radius 1 is 1.12 bits per heavy atom. The van der Waals surface area contributed by atoms with Crippen molar-refractivity contribution in [2.45, 2.75) is 12.8 Å². The zero-order valence-corrected chi connectivity index (χ0v) is 13.1. The number of hydrogen-bond donors (Lipinski definition) is 2. The molecule has 2 N–H and O–H groups in total. The summed E-state index contributed by atoms with van der Waals surface area (Å²) in [7, 11) is 0. The summed E-state index contributed by atoms with van der Waals surface area (Å²) >= 11 is 0. The number of rotatable bonds is 4. The summed E-state index contributed by atoms with van der Waals surface area (Å²) in [5.41, 5.74) is 0.990. The lowest BCUT2D eigenvalue weighted by atomic mass is 10.2. The molecule has 0 saturated heterocycles. The number of aromatic nitrogens is 1. The van der Waals surface area contributed by atoms with E-state index < -0.39 is 11.7 Å². The average molecular weight is 339 g/mol. The van der Waals surface area contributed by atoms with Gasteiger partial charge in [-0.1, -0.05) is 12.1 Å². The van der Waals surface area contributed by atoms with Gasteiger partial charge in [0.15, 0.2) is 5.58 Å². The van der Waals surface area contributed by atoms with Gasteiger partial charge in [-0.2, -0.15) is 0 Å². The van der Waals surface area contributed by atoms with Crippen LogP contribution in [0.5, 0.6) is 0 Å². The van der Waals surface area contributed by atoms with Crippen LogP contribution in [0.15, 0.2) is 47.0 Å². The minimum atomic E-state index is -0.658. The normalized spacial score (nSPS) is 13.6. The van der Waals surface area contributed by atoms with E-state index in [1.807, 2.05) is 0 Å². The molecule has 1 saturated carbocycles. The van der Waals surface area contributed by atoms with Crippen molar-refractivity contribution in [1.29, 1.82) is 0 Å². The molecule has 1 aliphatic carbocycles. The maximum atomic E-state index is 13.8. The highest BCUT2D eigenvalue weighted by molar-refractivity contribution is 6.14. The first-order valence-electron chi connectivity index (χ1n) is 7.88. The molecule has 0 spiro atoms. The lowest BCUT2D eigenvalue weighted by Crippen LogP contribution is -2.18. The Hall–Kier alpha value is -3.22. The van der Waals surface area contributed by atoms with Crippen LogP contribution in [-0.4, -0.2) is 16.8 Å². The van der Waals surface area contributed by atoms with E-state index in [1.54, 1.807) is 24.4 Å². The Balaban J connectivity index is 1.71. The number of anilines is 2. The molecule has 7 heteroatoms. The van der Waals surface area contributed by atoms with Crippen LogP contribution in [0.25, 0.3) is 11.1 Å². The molecular weight excluding hydrogens is 325 g/mol. The number of benzene rings is 1. The molecule has 126 valence electrons. The summed E-state index contributed by atoms with van der Waals surface area (Å²) in [6, 6.07) is 9.13. The molecule has 1 aliphatic rings. The number of carbonyl (C=O) groups excluding carboxylic acids is 2. The first-order chi connectivity index (χ1) is 12.1. The number of furan rings is 1. The molecular formula is C18H14FN3O3. The number of nitrogens with one attached hydrogen (secondary N) is 2. The number of amides is 2. The number of para-hydroxylation sites is 1. The Labute approximate surface area is 142 Å². The van der Waals surface area contributed by atoms with Gasteiger partial charge in [0.05, 0.1) is 5.69 Å². The third-order valence-electron chi connectivity index (χ3n) is 3.97. The number of fused-ring (bicyclic) bond motifs is 1. The van der Waals surface area contributed by atoms with Gasteiger partial charge in [0, 0.05) is 12.1 Å². The van der Waals surface area contributed by atoms with E-state index >= 15 is 0 Å². The number of halogens is 1. The SMILES string of the molecule is O=C(Nc1ccccc1F)c1oc2cccnc2c1NC(=O)C1CC1. The maximum absolute atomic E-state index is 13.8. The fourth-order valence-electron chi connectivity index (χ4n) is 2.52. The fraction of sp³-hybridized carbons (Fsp3) is 0.167. The van der Waals surface area contributed by atoms with Crippen molar-refractivity contribution >= 4 is 34.3 Å². The maximum Gasteiger partial charge on any atom is 0.293 e. The third-order valence-corrected chi connectivity index (χ3v) is 3.97. The molecule has 0 unspecified atom stereocenters. The predicted molar refractivity (Wildman–Crippen MR) is 89.7 cm³/mol. The van der Waals surface area contributed by atoms with E-state index in [2.05, 4.69) is 15.6 Å². The summed E-state index contributed by atoms with van der Waals surface area (Å²) in [4.78, 5) is 28.9. The molecule has 2 heterocycles. The molecule has 1 fully saturated rings. The minimum absolute atomic E-state index is 0.0281. The summed E-state index contributed by atoms with van der Waals surface area (Å²) in [6.45, 7) is 0. The Bertz CT molecular complexity index is 979. The van der Waals surface area contributed by atoms with Crippen LogP contribution in [0.4, 0.5) is 15.8 Å². The number of nitrogens with zero attached hydrogens (tertiary/aromatic N) is 1. The number of pyridine rings is 1. The topological polar surface area (TPSA) is 84.2 Å². The highest BCUT2D eigenvalue weighted by atomic mass is 19.1. The molecule has 2 aromatic heterocycles. The second kappa shape index (κ2) is 6.01. The minimum Gasteiger partial charge on any atom is -0.447 e. The van der Waals surface area contributed by atoms with Gasteiger partial charge in [-0.25, -0.2) is 4.39 Å². The van der Waals surface area contributed by atoms with Crippen molar-refractivity contribution in [2.75, 3.05) is 10.6 Å². The third kappa shape index (κ3) is 2.96. The van der Waals surface area contributed by atoms with Crippen LogP contribution in [0, 0.1) is 11.7 Å². The van der Waals surface area contributed by atoms with Crippen molar-refractivity contribution in [1.82, 2.24) is 4.98 Å². The van der Waals surface area contributed by atoms with E-state index in [1.165, 1.54) is 18.2 Å². The quantitative estimate of drug-likeness (QED) is 0.761. The summed E-state index contributed by atoms with van der Waals surface area (Å²) in [5.74, 6) is -1.54. The van der Waals surface area contributed by atoms with Gasteiger partial charge in [-0.3, -0.25) is 14.6 Å². The van der Waals surface area contributed by atoms with Crippen LogP contribution in [-0.2, 0) is 4.79 Å². The molecule has 3 aromatic rings. The number of carbonyl (C=O) groups is 2. The first kappa shape index (κ1) is 15.3. The Morgan fingerprint density at radius 3 is 2.68 bits per heavy atom. The molecule has 0 bridgehead atoms. The van der Waals surface area contributed by atoms with Crippen LogP contribution in [0.2, 0.25) is 0 Å². The molecule has 0 radical (unpaired) electrons. The molecule has 0 atom stereocenters. The second-order valence-corrected chi connectivity index (χ2v) is 5.85. The zero-order valence-electron chi connectivity index (χ0n) is 13.1. The van der Waals surface area contributed by atoms with Crippen molar-refractivity contribution in [3.63, 3.8) is 0 Å². The van der Waals surface area contributed by atoms with E-state index in [0.29, 0.717) is 11.1 Å². The molecule has 25 heavy (non-hydrogen) atoms. The molecule has 4 rings (SSSR count). The predicted octanol–water partition coefficient (Wildman–Crippen LogP) is 3.57. The largest absolute Gasteiger partial charge is 0.447 e. The van der Waals surface area contributed by atoms with Crippen LogP contribution in [0.3, 0.4) is 0 Å². The Morgan fingerprint density at radius 2 is 1.92 bits per heavy atom.